The van der Waals surface area contributed by atoms with Gasteiger partial charge in [0.05, 0.1) is 17.9 Å². The first kappa shape index (κ1) is 30.8. The van der Waals surface area contributed by atoms with E-state index in [0.29, 0.717) is 19.2 Å². The van der Waals surface area contributed by atoms with Gasteiger partial charge in [-0.05, 0) is 74.9 Å². The number of hydrogen-bond donors (Lipinski definition) is 2. The van der Waals surface area contributed by atoms with Crippen molar-refractivity contribution in [1.82, 2.24) is 9.80 Å². The molecule has 0 aromatic heterocycles. The lowest BCUT2D eigenvalue weighted by molar-refractivity contribution is -0.144. The molecule has 4 atom stereocenters. The molecule has 0 saturated carbocycles. The highest BCUT2D eigenvalue weighted by atomic mass is 16.5. The molecule has 3 aliphatic heterocycles. The zero-order valence-electron chi connectivity index (χ0n) is 26.0. The molecular weight excluding hydrogens is 551 g/mol. The molecule has 2 amide bonds. The van der Waals surface area contributed by atoms with Gasteiger partial charge in [-0.25, -0.2) is 0 Å². The second-order valence-corrected chi connectivity index (χ2v) is 13.2. The van der Waals surface area contributed by atoms with Crippen LogP contribution in [0.25, 0.3) is 6.08 Å². The number of phenols is 1. The third-order valence-corrected chi connectivity index (χ3v) is 10.3. The largest absolute Gasteiger partial charge is 0.507 e. The van der Waals surface area contributed by atoms with Gasteiger partial charge in [0.1, 0.15) is 5.75 Å². The molecule has 3 heterocycles. The van der Waals surface area contributed by atoms with Gasteiger partial charge in [0.25, 0.3) is 0 Å². The zero-order valence-corrected chi connectivity index (χ0v) is 26.0. The van der Waals surface area contributed by atoms with Crippen LogP contribution in [0, 0.1) is 17.8 Å². The van der Waals surface area contributed by atoms with Crippen LogP contribution in [0.5, 0.6) is 5.75 Å². The number of hydrogen-bond acceptors (Lipinski definition) is 6. The predicted molar refractivity (Wildman–Crippen MR) is 172 cm³/mol. The summed E-state index contributed by atoms with van der Waals surface area (Å²) in [4.78, 5) is 32.0. The first-order valence-electron chi connectivity index (χ1n) is 16.5. The smallest absolute Gasteiger partial charge is 0.455 e. The Morgan fingerprint density at radius 1 is 1.00 bits per heavy atom. The van der Waals surface area contributed by atoms with Crippen molar-refractivity contribution < 1.29 is 24.4 Å². The topological polar surface area (TPSA) is 90.3 Å². The van der Waals surface area contributed by atoms with Gasteiger partial charge >= 0.3 is 7.12 Å². The van der Waals surface area contributed by atoms with Gasteiger partial charge in [0, 0.05) is 31.2 Å². The summed E-state index contributed by atoms with van der Waals surface area (Å²) in [5, 5.41) is 21.2. The zero-order chi connectivity index (χ0) is 30.8. The number of amides is 2. The number of nitrogens with zero attached hydrogens (tertiary/aromatic N) is 2. The van der Waals surface area contributed by atoms with Crippen molar-refractivity contribution in [2.75, 3.05) is 13.1 Å². The van der Waals surface area contributed by atoms with Crippen molar-refractivity contribution in [3.8, 4) is 5.75 Å². The second-order valence-electron chi connectivity index (χ2n) is 13.2. The average molecular weight is 597 g/mol. The lowest BCUT2D eigenvalue weighted by atomic mass is 9.58. The van der Waals surface area contributed by atoms with E-state index >= 15 is 0 Å². The van der Waals surface area contributed by atoms with Crippen LogP contribution in [0.1, 0.15) is 69.9 Å². The van der Waals surface area contributed by atoms with Crippen LogP contribution in [-0.2, 0) is 20.8 Å². The number of aromatic hydroxyl groups is 1. The lowest BCUT2D eigenvalue weighted by Crippen LogP contribution is -2.48. The standard InChI is InChI=1S/C36H45BN2O5/c1-3-9-25(21-27-12-7-8-13-31(27)40)14-15-32-33-24(2)20-29-34(30(33)22-37(43)44-32)36(42)39(35(29)41)28-16-18-38(19-17-28)23-26-10-5-4-6-11-26/h4-8,10-13,21,28-30,32,34,40,43H,3,9,14-20,22-23H2,1-2H3/b25-21+/t29-,30+,32-,34-/m1/s1. The molecule has 1 aliphatic carbocycles. The molecule has 0 bridgehead atoms. The average Bonchev–Trinajstić information content (AvgIpc) is 3.26. The number of carbonyl (C=O) groups excluding carboxylic acids is 2. The van der Waals surface area contributed by atoms with Gasteiger partial charge < -0.3 is 14.8 Å². The summed E-state index contributed by atoms with van der Waals surface area (Å²) in [5.41, 5.74) is 5.56. The molecule has 3 saturated heterocycles. The van der Waals surface area contributed by atoms with Crippen LogP contribution in [0.15, 0.2) is 71.3 Å². The first-order chi connectivity index (χ1) is 21.3. The Morgan fingerprint density at radius 2 is 1.73 bits per heavy atom. The van der Waals surface area contributed by atoms with E-state index in [4.69, 9.17) is 4.65 Å². The normalized spacial score (nSPS) is 26.8. The van der Waals surface area contributed by atoms with Crippen LogP contribution in [0.3, 0.4) is 0 Å². The lowest BCUT2D eigenvalue weighted by Gasteiger charge is -2.42. The van der Waals surface area contributed by atoms with Crippen LogP contribution in [0.2, 0.25) is 6.32 Å². The minimum absolute atomic E-state index is 0.0201. The number of phenolic OH excluding ortho intramolecular Hbond substituents is 1. The SMILES string of the molecule is CCC/C(=C\c1ccccc1O)CC[C@H]1OB(O)C[C@H]2C1=C(C)C[C@H]1C(=O)N(C3CCN(Cc4ccccc4)CC3)C(=O)[C@H]12. The van der Waals surface area contributed by atoms with Crippen molar-refractivity contribution >= 4 is 25.0 Å². The highest BCUT2D eigenvalue weighted by Gasteiger charge is 2.58. The van der Waals surface area contributed by atoms with E-state index in [2.05, 4.69) is 49.1 Å². The first-order valence-corrected chi connectivity index (χ1v) is 16.5. The quantitative estimate of drug-likeness (QED) is 0.215. The number of rotatable bonds is 9. The minimum atomic E-state index is -0.963. The van der Waals surface area contributed by atoms with Gasteiger partial charge in [0.15, 0.2) is 0 Å². The molecule has 2 aromatic carbocycles. The number of carbonyl (C=O) groups is 2. The van der Waals surface area contributed by atoms with E-state index in [-0.39, 0.29) is 41.5 Å². The fraction of sp³-hybridized carbons (Fsp3) is 0.500. The molecule has 232 valence electrons. The van der Waals surface area contributed by atoms with Crippen molar-refractivity contribution in [2.45, 2.75) is 83.8 Å². The molecule has 44 heavy (non-hydrogen) atoms. The predicted octanol–water partition coefficient (Wildman–Crippen LogP) is 5.84. The number of allylic oxidation sites excluding steroid dienone is 2. The molecular formula is C36H45BN2O5. The molecule has 7 nitrogen and oxygen atoms in total. The van der Waals surface area contributed by atoms with E-state index in [1.54, 1.807) is 11.0 Å². The van der Waals surface area contributed by atoms with Crippen molar-refractivity contribution in [3.05, 3.63) is 82.4 Å². The maximum atomic E-state index is 14.1. The number of likely N-dealkylation sites (tertiary alicyclic amines) is 2. The van der Waals surface area contributed by atoms with E-state index in [0.717, 1.165) is 68.4 Å². The maximum absolute atomic E-state index is 14.1. The monoisotopic (exact) mass is 596 g/mol. The summed E-state index contributed by atoms with van der Waals surface area (Å²) < 4.78 is 6.15. The highest BCUT2D eigenvalue weighted by Crippen LogP contribution is 2.51. The van der Waals surface area contributed by atoms with Crippen molar-refractivity contribution in [1.29, 1.82) is 0 Å². The van der Waals surface area contributed by atoms with Crippen LogP contribution >= 0.6 is 0 Å². The van der Waals surface area contributed by atoms with E-state index in [9.17, 15) is 19.7 Å². The number of benzene rings is 2. The minimum Gasteiger partial charge on any atom is -0.507 e. The summed E-state index contributed by atoms with van der Waals surface area (Å²) >= 11 is 0. The fourth-order valence-electron chi connectivity index (χ4n) is 8.22. The Hall–Kier alpha value is -3.20. The van der Waals surface area contributed by atoms with E-state index in [1.165, 1.54) is 11.1 Å². The van der Waals surface area contributed by atoms with E-state index < -0.39 is 13.0 Å². The van der Waals surface area contributed by atoms with Crippen LogP contribution < -0.4 is 0 Å². The third kappa shape index (κ3) is 6.30. The van der Waals surface area contributed by atoms with Gasteiger partial charge in [-0.1, -0.05) is 79.1 Å². The molecule has 6 rings (SSSR count). The molecule has 2 aromatic rings. The number of imide groups is 1. The molecule has 2 N–H and O–H groups in total. The number of para-hydroxylation sites is 1. The highest BCUT2D eigenvalue weighted by molar-refractivity contribution is 6.43. The number of piperidine rings is 1. The maximum Gasteiger partial charge on any atom is 0.455 e. The Labute approximate surface area is 261 Å². The fourth-order valence-corrected chi connectivity index (χ4v) is 8.22. The molecule has 4 aliphatic rings. The van der Waals surface area contributed by atoms with Crippen LogP contribution in [-0.4, -0.2) is 64.1 Å². The van der Waals surface area contributed by atoms with Crippen LogP contribution in [0.4, 0.5) is 0 Å². The Kier molecular flexibility index (Phi) is 9.41. The van der Waals surface area contributed by atoms with Gasteiger partial charge in [-0.2, -0.15) is 0 Å². The Morgan fingerprint density at radius 3 is 2.45 bits per heavy atom. The molecule has 8 heteroatoms. The molecule has 0 radical (unpaired) electrons. The summed E-state index contributed by atoms with van der Waals surface area (Å²) in [6.07, 6.45) is 7.62. The Bertz CT molecular complexity index is 1420. The summed E-state index contributed by atoms with van der Waals surface area (Å²) in [7, 11) is -0.963. The van der Waals surface area contributed by atoms with Crippen molar-refractivity contribution in [2.24, 2.45) is 17.8 Å². The summed E-state index contributed by atoms with van der Waals surface area (Å²) in [6.45, 7) is 6.84. The van der Waals surface area contributed by atoms with Gasteiger partial charge in [0.2, 0.25) is 11.8 Å². The number of fused-ring (bicyclic) bond motifs is 3. The van der Waals surface area contributed by atoms with Gasteiger partial charge in [-0.15, -0.1) is 0 Å². The van der Waals surface area contributed by atoms with E-state index in [1.807, 2.05) is 24.3 Å². The molecule has 0 unspecified atom stereocenters. The molecule has 0 spiro atoms. The summed E-state index contributed by atoms with van der Waals surface area (Å²) in [5.74, 6) is -0.751. The van der Waals surface area contributed by atoms with Gasteiger partial charge in [-0.3, -0.25) is 19.4 Å². The second kappa shape index (κ2) is 13.4. The molecule has 3 fully saturated rings. The third-order valence-electron chi connectivity index (χ3n) is 10.3. The van der Waals surface area contributed by atoms with Crippen molar-refractivity contribution in [3.63, 3.8) is 0 Å². The Balaban J connectivity index is 1.15. The summed E-state index contributed by atoms with van der Waals surface area (Å²) in [6, 6.07) is 17.7.